The van der Waals surface area contributed by atoms with E-state index in [0.717, 1.165) is 4.47 Å². The average Bonchev–Trinajstić information content (AvgIpc) is 2.17. The molecule has 0 bridgehead atoms. The van der Waals surface area contributed by atoms with E-state index in [1.807, 2.05) is 0 Å². The fraction of sp³-hybridized carbons (Fsp3) is 0.538. The largest absolute Gasteiger partial charge is 0.307 e. The van der Waals surface area contributed by atoms with Gasteiger partial charge in [0.2, 0.25) is 0 Å². The highest BCUT2D eigenvalue weighted by molar-refractivity contribution is 9.10. The molecular formula is C13H20BrN. The van der Waals surface area contributed by atoms with Gasteiger partial charge in [-0.2, -0.15) is 0 Å². The van der Waals surface area contributed by atoms with Crippen molar-refractivity contribution in [2.75, 3.05) is 0 Å². The molecule has 0 amide bonds. The molecule has 0 unspecified atom stereocenters. The van der Waals surface area contributed by atoms with Crippen LogP contribution in [0.15, 0.2) is 28.7 Å². The van der Waals surface area contributed by atoms with Gasteiger partial charge in [0.15, 0.2) is 0 Å². The lowest BCUT2D eigenvalue weighted by Crippen LogP contribution is -2.32. The number of benzene rings is 1. The molecule has 0 saturated carbocycles. The number of nitrogens with one attached hydrogen (secondary N) is 1. The second-order valence-corrected chi connectivity index (χ2v) is 5.39. The van der Waals surface area contributed by atoms with Gasteiger partial charge in [0.25, 0.3) is 0 Å². The molecule has 0 aromatic heterocycles. The number of halogens is 1. The molecule has 15 heavy (non-hydrogen) atoms. The predicted molar refractivity (Wildman–Crippen MR) is 70.0 cm³/mol. The standard InChI is InChI=1S/C13H20BrN/c1-9(2)10(3)15-11(4)12-6-5-7-13(14)8-12/h5-11,15H,1-4H3/t10-,11+/m1/s1. The molecule has 0 radical (unpaired) electrons. The molecule has 0 spiro atoms. The molecule has 0 aliphatic heterocycles. The molecule has 1 nitrogen and oxygen atoms in total. The Kier molecular flexibility index (Phi) is 4.81. The zero-order chi connectivity index (χ0) is 11.4. The van der Waals surface area contributed by atoms with Crippen molar-refractivity contribution in [2.24, 2.45) is 5.92 Å². The lowest BCUT2D eigenvalue weighted by Gasteiger charge is -2.23. The van der Waals surface area contributed by atoms with Gasteiger partial charge in [-0.1, -0.05) is 41.9 Å². The minimum Gasteiger partial charge on any atom is -0.307 e. The van der Waals surface area contributed by atoms with Crippen molar-refractivity contribution >= 4 is 15.9 Å². The van der Waals surface area contributed by atoms with E-state index in [1.165, 1.54) is 5.56 Å². The van der Waals surface area contributed by atoms with Crippen LogP contribution in [-0.4, -0.2) is 6.04 Å². The van der Waals surface area contributed by atoms with Gasteiger partial charge in [-0.15, -0.1) is 0 Å². The predicted octanol–water partition coefficient (Wildman–Crippen LogP) is 4.14. The summed E-state index contributed by atoms with van der Waals surface area (Å²) in [5, 5.41) is 3.60. The van der Waals surface area contributed by atoms with Gasteiger partial charge < -0.3 is 5.32 Å². The Morgan fingerprint density at radius 2 is 1.80 bits per heavy atom. The number of rotatable bonds is 4. The fourth-order valence-electron chi connectivity index (χ4n) is 1.46. The summed E-state index contributed by atoms with van der Waals surface area (Å²) in [6, 6.07) is 9.42. The van der Waals surface area contributed by atoms with Crippen LogP contribution >= 0.6 is 15.9 Å². The molecule has 1 rings (SSSR count). The van der Waals surface area contributed by atoms with Crippen LogP contribution in [0.4, 0.5) is 0 Å². The fourth-order valence-corrected chi connectivity index (χ4v) is 1.88. The molecule has 2 atom stereocenters. The first-order valence-electron chi connectivity index (χ1n) is 5.52. The first kappa shape index (κ1) is 12.7. The third-order valence-electron chi connectivity index (χ3n) is 2.86. The van der Waals surface area contributed by atoms with Crippen LogP contribution in [0.5, 0.6) is 0 Å². The van der Waals surface area contributed by atoms with Crippen molar-refractivity contribution in [3.8, 4) is 0 Å². The van der Waals surface area contributed by atoms with Gasteiger partial charge in [-0.05, 0) is 37.5 Å². The molecule has 2 heteroatoms. The highest BCUT2D eigenvalue weighted by atomic mass is 79.9. The summed E-state index contributed by atoms with van der Waals surface area (Å²) in [4.78, 5) is 0. The summed E-state index contributed by atoms with van der Waals surface area (Å²) in [5.41, 5.74) is 1.33. The second-order valence-electron chi connectivity index (χ2n) is 4.48. The maximum absolute atomic E-state index is 3.60. The lowest BCUT2D eigenvalue weighted by molar-refractivity contribution is 0.389. The summed E-state index contributed by atoms with van der Waals surface area (Å²) in [6.07, 6.45) is 0. The van der Waals surface area contributed by atoms with Crippen molar-refractivity contribution in [1.82, 2.24) is 5.32 Å². The highest BCUT2D eigenvalue weighted by Crippen LogP contribution is 2.19. The molecule has 0 heterocycles. The van der Waals surface area contributed by atoms with Gasteiger partial charge in [-0.25, -0.2) is 0 Å². The SMILES string of the molecule is CC(C)[C@@H](C)N[C@@H](C)c1cccc(Br)c1. The van der Waals surface area contributed by atoms with Gasteiger partial charge >= 0.3 is 0 Å². The summed E-state index contributed by atoms with van der Waals surface area (Å²) in [6.45, 7) is 8.93. The van der Waals surface area contributed by atoms with E-state index in [0.29, 0.717) is 18.0 Å². The normalized spacial score (nSPS) is 15.3. The summed E-state index contributed by atoms with van der Waals surface area (Å²) in [5.74, 6) is 0.666. The van der Waals surface area contributed by atoms with Crippen LogP contribution in [0.3, 0.4) is 0 Å². The third-order valence-corrected chi connectivity index (χ3v) is 3.35. The van der Waals surface area contributed by atoms with Crippen LogP contribution in [-0.2, 0) is 0 Å². The van der Waals surface area contributed by atoms with Crippen LogP contribution in [0.2, 0.25) is 0 Å². The number of hydrogen-bond acceptors (Lipinski definition) is 1. The first-order valence-corrected chi connectivity index (χ1v) is 6.31. The summed E-state index contributed by atoms with van der Waals surface area (Å²) >= 11 is 3.50. The van der Waals surface area contributed by atoms with E-state index in [4.69, 9.17) is 0 Å². The molecule has 1 N–H and O–H groups in total. The topological polar surface area (TPSA) is 12.0 Å². The van der Waals surface area contributed by atoms with Crippen molar-refractivity contribution < 1.29 is 0 Å². The molecule has 0 fully saturated rings. The zero-order valence-corrected chi connectivity index (χ0v) is 11.5. The number of hydrogen-bond donors (Lipinski definition) is 1. The van der Waals surface area contributed by atoms with E-state index >= 15 is 0 Å². The molecule has 0 saturated heterocycles. The Bertz CT molecular complexity index is 309. The lowest BCUT2D eigenvalue weighted by atomic mass is 10.0. The molecule has 0 aliphatic carbocycles. The van der Waals surface area contributed by atoms with E-state index < -0.39 is 0 Å². The Labute approximate surface area is 101 Å². The van der Waals surface area contributed by atoms with E-state index in [9.17, 15) is 0 Å². The highest BCUT2D eigenvalue weighted by Gasteiger charge is 2.11. The maximum Gasteiger partial charge on any atom is 0.0294 e. The molecule has 1 aromatic carbocycles. The molecule has 1 aromatic rings. The Balaban J connectivity index is 2.64. The van der Waals surface area contributed by atoms with Crippen molar-refractivity contribution in [2.45, 2.75) is 39.8 Å². The average molecular weight is 270 g/mol. The van der Waals surface area contributed by atoms with E-state index in [1.54, 1.807) is 0 Å². The third kappa shape index (κ3) is 3.96. The Morgan fingerprint density at radius 1 is 1.13 bits per heavy atom. The van der Waals surface area contributed by atoms with Crippen LogP contribution in [0.1, 0.15) is 39.3 Å². The molecule has 0 aliphatic rings. The van der Waals surface area contributed by atoms with Gasteiger partial charge in [0, 0.05) is 16.6 Å². The van der Waals surface area contributed by atoms with E-state index in [2.05, 4.69) is 73.2 Å². The van der Waals surface area contributed by atoms with Gasteiger partial charge in [0.05, 0.1) is 0 Å². The van der Waals surface area contributed by atoms with Crippen molar-refractivity contribution in [3.05, 3.63) is 34.3 Å². The summed E-state index contributed by atoms with van der Waals surface area (Å²) < 4.78 is 1.14. The Morgan fingerprint density at radius 3 is 2.33 bits per heavy atom. The van der Waals surface area contributed by atoms with E-state index in [-0.39, 0.29) is 0 Å². The first-order chi connectivity index (χ1) is 7.00. The van der Waals surface area contributed by atoms with Crippen molar-refractivity contribution in [1.29, 1.82) is 0 Å². The minimum atomic E-state index is 0.403. The van der Waals surface area contributed by atoms with Crippen LogP contribution in [0, 0.1) is 5.92 Å². The second kappa shape index (κ2) is 5.66. The smallest absolute Gasteiger partial charge is 0.0294 e. The maximum atomic E-state index is 3.60. The van der Waals surface area contributed by atoms with Gasteiger partial charge in [0.1, 0.15) is 0 Å². The monoisotopic (exact) mass is 269 g/mol. The summed E-state index contributed by atoms with van der Waals surface area (Å²) in [7, 11) is 0. The molecule has 84 valence electrons. The van der Waals surface area contributed by atoms with Crippen molar-refractivity contribution in [3.63, 3.8) is 0 Å². The van der Waals surface area contributed by atoms with Gasteiger partial charge in [-0.3, -0.25) is 0 Å². The quantitative estimate of drug-likeness (QED) is 0.866. The Hall–Kier alpha value is -0.340. The van der Waals surface area contributed by atoms with Crippen LogP contribution < -0.4 is 5.32 Å². The minimum absolute atomic E-state index is 0.403. The molecular weight excluding hydrogens is 250 g/mol. The van der Waals surface area contributed by atoms with Crippen LogP contribution in [0.25, 0.3) is 0 Å². The zero-order valence-electron chi connectivity index (χ0n) is 9.92.